The van der Waals surface area contributed by atoms with Gasteiger partial charge in [-0.05, 0) is 60.2 Å². The molecule has 9 nitrogen and oxygen atoms in total. The summed E-state index contributed by atoms with van der Waals surface area (Å²) in [4.78, 5) is 24.2. The molecule has 2 N–H and O–H groups in total. The topological polar surface area (TPSA) is 121 Å². The van der Waals surface area contributed by atoms with E-state index < -0.39 is 21.8 Å². The van der Waals surface area contributed by atoms with E-state index in [0.29, 0.717) is 15.8 Å². The monoisotopic (exact) mass is 618 g/mol. The van der Waals surface area contributed by atoms with Crippen molar-refractivity contribution in [1.29, 1.82) is 0 Å². The van der Waals surface area contributed by atoms with Crippen LogP contribution in [0.15, 0.2) is 99.3 Å². The van der Waals surface area contributed by atoms with Gasteiger partial charge in [0.05, 0.1) is 27.7 Å². The molecule has 206 valence electrons. The summed E-state index contributed by atoms with van der Waals surface area (Å²) < 4.78 is 33.9. The van der Waals surface area contributed by atoms with Gasteiger partial charge in [0, 0.05) is 17.3 Å². The maximum absolute atomic E-state index is 13.5. The zero-order valence-electron chi connectivity index (χ0n) is 20.6. The SMILES string of the molecule is O=C(N/N=C/c1ccc(CN(Cc2ccccc2)S(=O)(=O)c2ccc(Cl)cc2)o1)C(=O)Nc1ccc(Cl)c(Cl)c1. The molecule has 0 radical (unpaired) electrons. The molecule has 0 aliphatic carbocycles. The number of hydrogen-bond donors (Lipinski definition) is 2. The molecule has 0 bridgehead atoms. The second-order valence-electron chi connectivity index (χ2n) is 8.30. The number of hydrogen-bond acceptors (Lipinski definition) is 6. The Hall–Kier alpha value is -3.67. The number of benzene rings is 3. The van der Waals surface area contributed by atoms with Gasteiger partial charge in [-0.3, -0.25) is 9.59 Å². The van der Waals surface area contributed by atoms with Crippen molar-refractivity contribution in [3.63, 3.8) is 0 Å². The van der Waals surface area contributed by atoms with Gasteiger partial charge in [-0.1, -0.05) is 65.1 Å². The maximum Gasteiger partial charge on any atom is 0.329 e. The van der Waals surface area contributed by atoms with E-state index in [0.717, 1.165) is 5.56 Å². The highest BCUT2D eigenvalue weighted by Crippen LogP contribution is 2.25. The van der Waals surface area contributed by atoms with Crippen LogP contribution in [0.3, 0.4) is 0 Å². The summed E-state index contributed by atoms with van der Waals surface area (Å²) in [6.45, 7) is 0.0199. The smallest absolute Gasteiger partial charge is 0.329 e. The Kier molecular flexibility index (Phi) is 9.62. The molecule has 0 fully saturated rings. The Morgan fingerprint density at radius 3 is 2.27 bits per heavy atom. The molecule has 0 unspecified atom stereocenters. The fourth-order valence-electron chi connectivity index (χ4n) is 3.46. The number of nitrogens with zero attached hydrogens (tertiary/aromatic N) is 2. The first-order valence-corrected chi connectivity index (χ1v) is 14.2. The van der Waals surface area contributed by atoms with Crippen molar-refractivity contribution in [2.24, 2.45) is 5.10 Å². The molecule has 40 heavy (non-hydrogen) atoms. The Morgan fingerprint density at radius 2 is 1.57 bits per heavy atom. The molecule has 4 aromatic rings. The Morgan fingerprint density at radius 1 is 0.850 bits per heavy atom. The van der Waals surface area contributed by atoms with E-state index in [1.54, 1.807) is 12.1 Å². The van der Waals surface area contributed by atoms with E-state index in [1.807, 2.05) is 30.3 Å². The highest BCUT2D eigenvalue weighted by Gasteiger charge is 2.26. The number of nitrogens with one attached hydrogen (secondary N) is 2. The summed E-state index contributed by atoms with van der Waals surface area (Å²) in [5.74, 6) is -1.45. The lowest BCUT2D eigenvalue weighted by Crippen LogP contribution is -2.32. The number of amides is 2. The lowest BCUT2D eigenvalue weighted by atomic mass is 10.2. The number of hydrazone groups is 1. The molecule has 4 rings (SSSR count). The van der Waals surface area contributed by atoms with Gasteiger partial charge in [0.1, 0.15) is 11.5 Å². The molecule has 0 atom stereocenters. The summed E-state index contributed by atoms with van der Waals surface area (Å²) >= 11 is 17.7. The number of carbonyl (C=O) groups is 2. The van der Waals surface area contributed by atoms with Crippen LogP contribution in [0.25, 0.3) is 0 Å². The van der Waals surface area contributed by atoms with Crippen molar-refractivity contribution in [2.75, 3.05) is 5.32 Å². The molecule has 0 spiro atoms. The molecule has 0 saturated heterocycles. The molecule has 1 aromatic heterocycles. The zero-order chi connectivity index (χ0) is 28.7. The first kappa shape index (κ1) is 29.3. The van der Waals surface area contributed by atoms with Gasteiger partial charge in [-0.25, -0.2) is 13.8 Å². The quantitative estimate of drug-likeness (QED) is 0.141. The van der Waals surface area contributed by atoms with E-state index in [-0.39, 0.29) is 34.5 Å². The van der Waals surface area contributed by atoms with Gasteiger partial charge in [0.25, 0.3) is 0 Å². The number of furan rings is 1. The molecule has 1 heterocycles. The van der Waals surface area contributed by atoms with Crippen molar-refractivity contribution in [3.05, 3.63) is 117 Å². The Labute approximate surface area is 245 Å². The van der Waals surface area contributed by atoms with E-state index in [9.17, 15) is 18.0 Å². The summed E-state index contributed by atoms with van der Waals surface area (Å²) in [6.07, 6.45) is 1.18. The minimum absolute atomic E-state index is 0.0773. The third kappa shape index (κ3) is 7.71. The van der Waals surface area contributed by atoms with Crippen molar-refractivity contribution < 1.29 is 22.4 Å². The normalized spacial score (nSPS) is 11.6. The van der Waals surface area contributed by atoms with Crippen LogP contribution in [0.5, 0.6) is 0 Å². The number of rotatable bonds is 9. The zero-order valence-corrected chi connectivity index (χ0v) is 23.6. The van der Waals surface area contributed by atoms with Gasteiger partial charge < -0.3 is 9.73 Å². The number of halogens is 3. The maximum atomic E-state index is 13.5. The predicted octanol–water partition coefficient (Wildman–Crippen LogP) is 5.72. The number of sulfonamides is 1. The largest absolute Gasteiger partial charge is 0.459 e. The molecule has 0 aliphatic heterocycles. The minimum atomic E-state index is -3.91. The molecule has 0 aliphatic rings. The first-order chi connectivity index (χ1) is 19.1. The highest BCUT2D eigenvalue weighted by atomic mass is 35.5. The van der Waals surface area contributed by atoms with Gasteiger partial charge in [0.2, 0.25) is 10.0 Å². The van der Waals surface area contributed by atoms with Crippen molar-refractivity contribution in [1.82, 2.24) is 9.73 Å². The fourth-order valence-corrected chi connectivity index (χ4v) is 5.28. The minimum Gasteiger partial charge on any atom is -0.459 e. The lowest BCUT2D eigenvalue weighted by molar-refractivity contribution is -0.136. The second-order valence-corrected chi connectivity index (χ2v) is 11.5. The fraction of sp³-hybridized carbons (Fsp3) is 0.0741. The van der Waals surface area contributed by atoms with Crippen LogP contribution in [0.4, 0.5) is 5.69 Å². The van der Waals surface area contributed by atoms with Crippen molar-refractivity contribution in [3.8, 4) is 0 Å². The third-order valence-corrected chi connectivity index (χ3v) is 8.21. The van der Waals surface area contributed by atoms with Gasteiger partial charge >= 0.3 is 11.8 Å². The Bertz CT molecular complexity index is 1640. The molecule has 13 heteroatoms. The van der Waals surface area contributed by atoms with E-state index in [4.69, 9.17) is 39.2 Å². The van der Waals surface area contributed by atoms with Crippen LogP contribution in [-0.4, -0.2) is 30.8 Å². The number of anilines is 1. The van der Waals surface area contributed by atoms with Crippen molar-refractivity contribution >= 4 is 68.5 Å². The van der Waals surface area contributed by atoms with Crippen molar-refractivity contribution in [2.45, 2.75) is 18.0 Å². The van der Waals surface area contributed by atoms with Crippen LogP contribution >= 0.6 is 34.8 Å². The van der Waals surface area contributed by atoms with Crippen LogP contribution in [-0.2, 0) is 32.7 Å². The van der Waals surface area contributed by atoms with Gasteiger partial charge in [-0.15, -0.1) is 0 Å². The summed E-state index contributed by atoms with van der Waals surface area (Å²) in [6, 6.07) is 22.5. The highest BCUT2D eigenvalue weighted by molar-refractivity contribution is 7.89. The summed E-state index contributed by atoms with van der Waals surface area (Å²) in [5.41, 5.74) is 3.16. The molecule has 0 saturated carbocycles. The molecular weight excluding hydrogens is 599 g/mol. The van der Waals surface area contributed by atoms with Crippen LogP contribution in [0.1, 0.15) is 17.1 Å². The predicted molar refractivity (Wildman–Crippen MR) is 154 cm³/mol. The summed E-state index contributed by atoms with van der Waals surface area (Å²) in [7, 11) is -3.91. The Balaban J connectivity index is 1.42. The first-order valence-electron chi connectivity index (χ1n) is 11.6. The standard InChI is InChI=1S/C27H21Cl3N4O5S/c28-19-6-11-23(12-7-19)40(37,38)34(16-18-4-2-1-3-5-18)17-22-10-9-21(39-22)15-31-33-27(36)26(35)32-20-8-13-24(29)25(30)14-20/h1-15H,16-17H2,(H,32,35)(H,33,36)/b31-15+. The van der Waals surface area contributed by atoms with Crippen LogP contribution < -0.4 is 10.7 Å². The lowest BCUT2D eigenvalue weighted by Gasteiger charge is -2.21. The molecule has 3 aromatic carbocycles. The van der Waals surface area contributed by atoms with Crippen LogP contribution in [0.2, 0.25) is 15.1 Å². The summed E-state index contributed by atoms with van der Waals surface area (Å²) in [5, 5.41) is 7.04. The second kappa shape index (κ2) is 13.1. The molecule has 2 amide bonds. The van der Waals surface area contributed by atoms with E-state index in [2.05, 4.69) is 15.8 Å². The molecular formula is C27H21Cl3N4O5S. The van der Waals surface area contributed by atoms with Gasteiger partial charge in [0.15, 0.2) is 0 Å². The van der Waals surface area contributed by atoms with Gasteiger partial charge in [-0.2, -0.15) is 9.41 Å². The third-order valence-electron chi connectivity index (χ3n) is 5.41. The average molecular weight is 620 g/mol. The van der Waals surface area contributed by atoms with E-state index >= 15 is 0 Å². The van der Waals surface area contributed by atoms with Crippen LogP contribution in [0, 0.1) is 0 Å². The van der Waals surface area contributed by atoms with E-state index in [1.165, 1.54) is 53.0 Å². The number of carbonyl (C=O) groups excluding carboxylic acids is 2. The average Bonchev–Trinajstić information content (AvgIpc) is 3.38.